The predicted molar refractivity (Wildman–Crippen MR) is 84.4 cm³/mol. The molecule has 110 valence electrons. The first kappa shape index (κ1) is 15.4. The third kappa shape index (κ3) is 4.25. The number of nitrogens with zero attached hydrogens (tertiary/aromatic N) is 1. The van der Waals surface area contributed by atoms with Crippen molar-refractivity contribution in [1.82, 2.24) is 4.90 Å². The van der Waals surface area contributed by atoms with E-state index in [1.165, 1.54) is 0 Å². The first-order valence-electron chi connectivity index (χ1n) is 7.12. The molecule has 0 aliphatic carbocycles. The first-order chi connectivity index (χ1) is 9.48. The van der Waals surface area contributed by atoms with Crippen LogP contribution < -0.4 is 0 Å². The zero-order valence-electron chi connectivity index (χ0n) is 12.2. The molecular weight excluding hydrogens is 270 g/mol. The zero-order chi connectivity index (χ0) is 14.6. The van der Waals surface area contributed by atoms with Crippen molar-refractivity contribution in [3.05, 3.63) is 35.9 Å². The van der Waals surface area contributed by atoms with E-state index in [-0.39, 0.29) is 0 Å². The Morgan fingerprint density at radius 2 is 2.05 bits per heavy atom. The van der Waals surface area contributed by atoms with Crippen molar-refractivity contribution in [2.75, 3.05) is 25.4 Å². The number of hydrogen-bond donors (Lipinski definition) is 1. The molecule has 0 aromatic heterocycles. The topological polar surface area (TPSA) is 40.5 Å². The Balaban J connectivity index is 2.04. The number of benzene rings is 1. The van der Waals surface area contributed by atoms with E-state index in [1.807, 2.05) is 42.1 Å². The van der Waals surface area contributed by atoms with Crippen LogP contribution in [0, 0.1) is 0 Å². The molecule has 1 aliphatic heterocycles. The van der Waals surface area contributed by atoms with Gasteiger partial charge in [0.2, 0.25) is 0 Å². The molecule has 2 rings (SSSR count). The third-order valence-electron chi connectivity index (χ3n) is 3.87. The quantitative estimate of drug-likeness (QED) is 0.926. The highest BCUT2D eigenvalue weighted by Gasteiger charge is 2.27. The van der Waals surface area contributed by atoms with Crippen molar-refractivity contribution in [2.24, 2.45) is 0 Å². The third-order valence-corrected chi connectivity index (χ3v) is 5.24. The molecule has 1 saturated heterocycles. The standard InChI is InChI=1S/C16H23NO2S/c1-16(2)8-9-17(10-11-20-16)12-14(15(18)19)13-6-4-3-5-7-13/h3-7,14H,8-12H2,1-2H3,(H,18,19). The van der Waals surface area contributed by atoms with E-state index in [1.54, 1.807) is 0 Å². The average Bonchev–Trinajstić information content (AvgIpc) is 2.58. The van der Waals surface area contributed by atoms with E-state index in [0.29, 0.717) is 11.3 Å². The fraction of sp³-hybridized carbons (Fsp3) is 0.562. The molecule has 0 radical (unpaired) electrons. The molecular formula is C16H23NO2S. The van der Waals surface area contributed by atoms with Crippen LogP contribution >= 0.6 is 11.8 Å². The SMILES string of the molecule is CC1(C)CCN(CC(C(=O)O)c2ccccc2)CCS1. The minimum Gasteiger partial charge on any atom is -0.481 e. The van der Waals surface area contributed by atoms with Crippen LogP contribution in [0.3, 0.4) is 0 Å². The summed E-state index contributed by atoms with van der Waals surface area (Å²) in [7, 11) is 0. The maximum atomic E-state index is 11.6. The highest BCUT2D eigenvalue weighted by Crippen LogP contribution is 2.31. The molecule has 1 aromatic rings. The van der Waals surface area contributed by atoms with Crippen LogP contribution in [-0.4, -0.2) is 46.1 Å². The smallest absolute Gasteiger partial charge is 0.312 e. The molecule has 1 aliphatic rings. The maximum Gasteiger partial charge on any atom is 0.312 e. The molecule has 1 N–H and O–H groups in total. The Labute approximate surface area is 125 Å². The van der Waals surface area contributed by atoms with Gasteiger partial charge >= 0.3 is 5.97 Å². The van der Waals surface area contributed by atoms with Gasteiger partial charge in [0.1, 0.15) is 0 Å². The molecule has 3 nitrogen and oxygen atoms in total. The number of aliphatic carboxylic acids is 1. The minimum absolute atomic E-state index is 0.306. The Bertz CT molecular complexity index is 447. The van der Waals surface area contributed by atoms with Crippen LogP contribution in [0.1, 0.15) is 31.7 Å². The largest absolute Gasteiger partial charge is 0.481 e. The predicted octanol–water partition coefficient (Wildman–Crippen LogP) is 3.07. The summed E-state index contributed by atoms with van der Waals surface area (Å²) in [5.41, 5.74) is 0.899. The number of carboxylic acid groups (broad SMARTS) is 1. The van der Waals surface area contributed by atoms with Crippen LogP contribution in [-0.2, 0) is 4.79 Å². The van der Waals surface area contributed by atoms with Crippen molar-refractivity contribution in [3.8, 4) is 0 Å². The summed E-state index contributed by atoms with van der Waals surface area (Å²) >= 11 is 1.99. The monoisotopic (exact) mass is 293 g/mol. The number of carboxylic acids is 1. The van der Waals surface area contributed by atoms with E-state index < -0.39 is 11.9 Å². The van der Waals surface area contributed by atoms with Crippen molar-refractivity contribution in [1.29, 1.82) is 0 Å². The molecule has 0 bridgehead atoms. The molecule has 20 heavy (non-hydrogen) atoms. The van der Waals surface area contributed by atoms with Gasteiger partial charge in [0.15, 0.2) is 0 Å². The summed E-state index contributed by atoms with van der Waals surface area (Å²) in [4.78, 5) is 13.9. The summed E-state index contributed by atoms with van der Waals surface area (Å²) < 4.78 is 0.306. The highest BCUT2D eigenvalue weighted by atomic mass is 32.2. The van der Waals surface area contributed by atoms with E-state index in [4.69, 9.17) is 0 Å². The van der Waals surface area contributed by atoms with E-state index >= 15 is 0 Å². The van der Waals surface area contributed by atoms with Crippen molar-refractivity contribution in [3.63, 3.8) is 0 Å². The lowest BCUT2D eigenvalue weighted by Gasteiger charge is -2.25. The van der Waals surface area contributed by atoms with Gasteiger partial charge in [-0.25, -0.2) is 0 Å². The maximum absolute atomic E-state index is 11.6. The van der Waals surface area contributed by atoms with Gasteiger partial charge < -0.3 is 10.0 Å². The van der Waals surface area contributed by atoms with Crippen LogP contribution in [0.15, 0.2) is 30.3 Å². The van der Waals surface area contributed by atoms with Gasteiger partial charge in [-0.05, 0) is 18.5 Å². The Kier molecular flexibility index (Phi) is 5.11. The molecule has 4 heteroatoms. The van der Waals surface area contributed by atoms with Crippen LogP contribution in [0.2, 0.25) is 0 Å². The van der Waals surface area contributed by atoms with Crippen LogP contribution in [0.5, 0.6) is 0 Å². The fourth-order valence-electron chi connectivity index (χ4n) is 2.51. The molecule has 1 aromatic carbocycles. The second-order valence-electron chi connectivity index (χ2n) is 5.96. The number of hydrogen-bond acceptors (Lipinski definition) is 3. The van der Waals surface area contributed by atoms with Crippen molar-refractivity contribution >= 4 is 17.7 Å². The lowest BCUT2D eigenvalue weighted by Crippen LogP contribution is -2.34. The van der Waals surface area contributed by atoms with E-state index in [0.717, 1.165) is 30.8 Å². The molecule has 1 atom stereocenters. The number of rotatable bonds is 4. The highest BCUT2D eigenvalue weighted by molar-refractivity contribution is 8.00. The first-order valence-corrected chi connectivity index (χ1v) is 8.10. The van der Waals surface area contributed by atoms with Gasteiger partial charge in [0.05, 0.1) is 5.92 Å². The number of thioether (sulfide) groups is 1. The van der Waals surface area contributed by atoms with Gasteiger partial charge in [-0.2, -0.15) is 11.8 Å². The fourth-order valence-corrected chi connectivity index (χ4v) is 3.65. The molecule has 1 heterocycles. The Morgan fingerprint density at radius 3 is 2.70 bits per heavy atom. The number of carbonyl (C=O) groups is 1. The minimum atomic E-state index is -0.729. The van der Waals surface area contributed by atoms with Gasteiger partial charge in [0.25, 0.3) is 0 Å². The van der Waals surface area contributed by atoms with Gasteiger partial charge in [-0.3, -0.25) is 4.79 Å². The lowest BCUT2D eigenvalue weighted by molar-refractivity contribution is -0.139. The van der Waals surface area contributed by atoms with Crippen molar-refractivity contribution < 1.29 is 9.90 Å². The summed E-state index contributed by atoms with van der Waals surface area (Å²) in [6, 6.07) is 9.57. The second kappa shape index (κ2) is 6.64. The molecule has 0 spiro atoms. The molecule has 1 unspecified atom stereocenters. The van der Waals surface area contributed by atoms with Crippen molar-refractivity contribution in [2.45, 2.75) is 30.9 Å². The summed E-state index contributed by atoms with van der Waals surface area (Å²) in [6.07, 6.45) is 1.11. The average molecular weight is 293 g/mol. The van der Waals surface area contributed by atoms with Gasteiger partial charge in [-0.15, -0.1) is 0 Å². The van der Waals surface area contributed by atoms with Crippen LogP contribution in [0.25, 0.3) is 0 Å². The second-order valence-corrected chi connectivity index (χ2v) is 7.76. The van der Waals surface area contributed by atoms with Crippen LogP contribution in [0.4, 0.5) is 0 Å². The van der Waals surface area contributed by atoms with E-state index in [9.17, 15) is 9.90 Å². The Morgan fingerprint density at radius 1 is 1.35 bits per heavy atom. The summed E-state index contributed by atoms with van der Waals surface area (Å²) in [5.74, 6) is -0.0801. The normalized spacial score (nSPS) is 21.1. The molecule has 0 amide bonds. The molecule has 0 saturated carbocycles. The van der Waals surface area contributed by atoms with Gasteiger partial charge in [0, 0.05) is 23.6 Å². The van der Waals surface area contributed by atoms with Gasteiger partial charge in [-0.1, -0.05) is 44.2 Å². The van der Waals surface area contributed by atoms with E-state index in [2.05, 4.69) is 18.7 Å². The zero-order valence-corrected chi connectivity index (χ0v) is 13.0. The summed E-state index contributed by atoms with van der Waals surface area (Å²) in [6.45, 7) is 7.11. The summed E-state index contributed by atoms with van der Waals surface area (Å²) in [5, 5.41) is 9.50. The lowest BCUT2D eigenvalue weighted by atomic mass is 9.98. The Hall–Kier alpha value is -1.00. The molecule has 1 fully saturated rings.